The van der Waals surface area contributed by atoms with E-state index in [1.165, 1.54) is 0 Å². The van der Waals surface area contributed by atoms with Gasteiger partial charge in [0.05, 0.1) is 0 Å². The topological polar surface area (TPSA) is 17.8 Å². The van der Waals surface area contributed by atoms with Crippen LogP contribution in [-0.2, 0) is 0 Å². The third-order valence-corrected chi connectivity index (χ3v) is 4.08. The van der Waals surface area contributed by atoms with Crippen molar-refractivity contribution in [1.29, 1.82) is 0 Å². The molecule has 0 aliphatic carbocycles. The largest absolute Gasteiger partial charge is 0.306 e. The van der Waals surface area contributed by atoms with E-state index in [4.69, 9.17) is 0 Å². The molecule has 0 bridgehead atoms. The van der Waals surface area contributed by atoms with Gasteiger partial charge in [-0.2, -0.15) is 0 Å². The molecule has 0 atom stereocenters. The van der Waals surface area contributed by atoms with E-state index in [0.717, 1.165) is 5.82 Å². The summed E-state index contributed by atoms with van der Waals surface area (Å²) in [6.45, 7) is 0. The summed E-state index contributed by atoms with van der Waals surface area (Å²) >= 11 is 0. The van der Waals surface area contributed by atoms with Crippen LogP contribution in [0.4, 0.5) is 0 Å². The van der Waals surface area contributed by atoms with Crippen LogP contribution in [0, 0.1) is 0 Å². The quantitative estimate of drug-likeness (QED) is 0.558. The zero-order valence-corrected chi connectivity index (χ0v) is 8.51. The van der Waals surface area contributed by atoms with Crippen molar-refractivity contribution in [2.75, 3.05) is 18.8 Å². The van der Waals surface area contributed by atoms with Gasteiger partial charge in [0.15, 0.2) is 0 Å². The summed E-state index contributed by atoms with van der Waals surface area (Å²) in [6.07, 6.45) is 12.8. The summed E-state index contributed by atoms with van der Waals surface area (Å²) in [4.78, 5) is 4.28. The number of fused-ring (bicyclic) bond motifs is 1. The first kappa shape index (κ1) is 7.80. The molecule has 2 heterocycles. The smallest absolute Gasteiger partial charge is 0.141 e. The highest BCUT2D eigenvalue weighted by atomic mass is 32.3. The van der Waals surface area contributed by atoms with Gasteiger partial charge in [0, 0.05) is 18.6 Å². The third-order valence-electron chi connectivity index (χ3n) is 1.93. The molecule has 0 aromatic carbocycles. The van der Waals surface area contributed by atoms with Gasteiger partial charge in [-0.3, -0.25) is 0 Å². The van der Waals surface area contributed by atoms with Gasteiger partial charge in [0.25, 0.3) is 0 Å². The molecule has 1 aliphatic heterocycles. The normalized spacial score (nSPS) is 26.4. The van der Waals surface area contributed by atoms with Crippen molar-refractivity contribution >= 4 is 20.3 Å². The van der Waals surface area contributed by atoms with Gasteiger partial charge in [-0.15, -0.1) is 0 Å². The Balaban J connectivity index is 2.74. The van der Waals surface area contributed by atoms with Crippen LogP contribution in [0.2, 0.25) is 0 Å². The van der Waals surface area contributed by atoms with Crippen LogP contribution in [0.25, 0.3) is 6.20 Å². The Kier molecular flexibility index (Phi) is 1.24. The Labute approximate surface area is 72.8 Å². The summed E-state index contributed by atoms with van der Waals surface area (Å²) < 4.78 is 2.05. The summed E-state index contributed by atoms with van der Waals surface area (Å²) in [6, 6.07) is 0. The molecule has 0 fully saturated rings. The number of hydrogen-bond donors (Lipinski definition) is 0. The van der Waals surface area contributed by atoms with Gasteiger partial charge >= 0.3 is 0 Å². The molecule has 2 rings (SSSR count). The first-order valence-electron chi connectivity index (χ1n) is 3.87. The predicted molar refractivity (Wildman–Crippen MR) is 58.1 cm³/mol. The van der Waals surface area contributed by atoms with Crippen molar-refractivity contribution in [3.63, 3.8) is 0 Å². The van der Waals surface area contributed by atoms with E-state index in [1.54, 1.807) is 0 Å². The summed E-state index contributed by atoms with van der Waals surface area (Å²) in [5, 5.41) is 4.59. The molecule has 0 radical (unpaired) electrons. The zero-order valence-electron chi connectivity index (χ0n) is 7.69. The van der Waals surface area contributed by atoms with Crippen molar-refractivity contribution in [2.24, 2.45) is 0 Å². The molecule has 0 saturated carbocycles. The van der Waals surface area contributed by atoms with Crippen LogP contribution in [0.3, 0.4) is 0 Å². The zero-order chi connectivity index (χ0) is 8.84. The molecule has 1 aromatic rings. The van der Waals surface area contributed by atoms with Crippen molar-refractivity contribution in [2.45, 2.75) is 0 Å². The first-order chi connectivity index (χ1) is 5.44. The first-order valence-corrected chi connectivity index (χ1v) is 7.27. The van der Waals surface area contributed by atoms with Gasteiger partial charge in [-0.1, -0.05) is 0 Å². The predicted octanol–water partition coefficient (Wildman–Crippen LogP) is 1.70. The monoisotopic (exact) mass is 182 g/mol. The third kappa shape index (κ3) is 1.25. The molecular formula is C9H14N2S. The van der Waals surface area contributed by atoms with Crippen LogP contribution in [-0.4, -0.2) is 33.7 Å². The average Bonchev–Trinajstić information content (AvgIpc) is 2.30. The molecule has 2 nitrogen and oxygen atoms in total. The summed E-state index contributed by atoms with van der Waals surface area (Å²) in [7, 11) is -1.42. The fraction of sp³-hybridized carbons (Fsp3) is 0.333. The second-order valence-corrected chi connectivity index (χ2v) is 10.4. The van der Waals surface area contributed by atoms with Crippen LogP contribution in [0.5, 0.6) is 0 Å². The van der Waals surface area contributed by atoms with E-state index in [2.05, 4.69) is 45.3 Å². The van der Waals surface area contributed by atoms with Crippen LogP contribution in [0.15, 0.2) is 17.8 Å². The Morgan fingerprint density at radius 1 is 1.33 bits per heavy atom. The Hall–Kier alpha value is -0.830. The molecule has 0 spiro atoms. The van der Waals surface area contributed by atoms with Gasteiger partial charge in [0.2, 0.25) is 0 Å². The van der Waals surface area contributed by atoms with Crippen LogP contribution in [0.1, 0.15) is 5.82 Å². The molecular weight excluding hydrogens is 168 g/mol. The fourth-order valence-corrected chi connectivity index (χ4v) is 2.82. The molecule has 0 saturated heterocycles. The molecule has 1 aromatic heterocycles. The van der Waals surface area contributed by atoms with E-state index in [-0.39, 0.29) is 0 Å². The number of rotatable bonds is 0. The van der Waals surface area contributed by atoms with Gasteiger partial charge < -0.3 is 4.57 Å². The van der Waals surface area contributed by atoms with E-state index < -0.39 is 8.75 Å². The van der Waals surface area contributed by atoms with E-state index in [0.29, 0.717) is 0 Å². The lowest BCUT2D eigenvalue weighted by molar-refractivity contribution is 1.12. The maximum absolute atomic E-state index is 4.28. The van der Waals surface area contributed by atoms with Gasteiger partial charge in [0.1, 0.15) is 5.82 Å². The second kappa shape index (κ2) is 1.91. The number of aromatic nitrogens is 2. The molecule has 1 aliphatic rings. The van der Waals surface area contributed by atoms with Gasteiger partial charge in [-0.05, 0) is 29.5 Å². The molecule has 0 unspecified atom stereocenters. The molecule has 0 N–H and O–H groups in total. The van der Waals surface area contributed by atoms with Crippen LogP contribution < -0.4 is 0 Å². The minimum Gasteiger partial charge on any atom is -0.306 e. The van der Waals surface area contributed by atoms with Gasteiger partial charge in [-0.25, -0.2) is 13.7 Å². The highest BCUT2D eigenvalue weighted by Crippen LogP contribution is 2.50. The summed E-state index contributed by atoms with van der Waals surface area (Å²) in [5.41, 5.74) is 0. The lowest BCUT2D eigenvalue weighted by atomic mass is 10.7. The number of nitrogens with zero attached hydrogens (tertiary/aromatic N) is 2. The molecule has 66 valence electrons. The maximum Gasteiger partial charge on any atom is 0.141 e. The highest BCUT2D eigenvalue weighted by Gasteiger charge is 2.16. The number of hydrogen-bond acceptors (Lipinski definition) is 1. The fourth-order valence-electron chi connectivity index (χ4n) is 1.24. The van der Waals surface area contributed by atoms with E-state index in [1.807, 2.05) is 12.4 Å². The number of imidazole rings is 1. The standard InChI is InChI=1S/C9H14N2S/c1-12(2,3)7-6-11-5-4-10-9(11)8-12/h4-8H,1-3H3. The second-order valence-electron chi connectivity index (χ2n) is 4.37. The SMILES string of the molecule is CS1(C)(C)=Cc2nccn2C=C1. The highest BCUT2D eigenvalue weighted by molar-refractivity contribution is 8.48. The van der Waals surface area contributed by atoms with Crippen molar-refractivity contribution < 1.29 is 0 Å². The Bertz CT molecular complexity index is 406. The Morgan fingerprint density at radius 2 is 2.08 bits per heavy atom. The Morgan fingerprint density at radius 3 is 2.83 bits per heavy atom. The minimum atomic E-state index is -1.42. The van der Waals surface area contributed by atoms with Crippen molar-refractivity contribution in [3.8, 4) is 0 Å². The van der Waals surface area contributed by atoms with Crippen molar-refractivity contribution in [1.82, 2.24) is 9.55 Å². The summed E-state index contributed by atoms with van der Waals surface area (Å²) in [5.74, 6) is 1.08. The maximum atomic E-state index is 4.28. The lowest BCUT2D eigenvalue weighted by Gasteiger charge is -2.35. The molecule has 0 amide bonds. The van der Waals surface area contributed by atoms with E-state index >= 15 is 0 Å². The van der Waals surface area contributed by atoms with E-state index in [9.17, 15) is 0 Å². The van der Waals surface area contributed by atoms with Crippen LogP contribution >= 0.6 is 8.75 Å². The minimum absolute atomic E-state index is 1.08. The average molecular weight is 182 g/mol. The molecule has 12 heavy (non-hydrogen) atoms. The lowest BCUT2D eigenvalue weighted by Crippen LogP contribution is -2.10. The molecule has 3 heteroatoms. The van der Waals surface area contributed by atoms with Crippen molar-refractivity contribution in [3.05, 3.63) is 23.6 Å².